The molecule has 0 saturated heterocycles. The van der Waals surface area contributed by atoms with Crippen LogP contribution in [0.25, 0.3) is 0 Å². The summed E-state index contributed by atoms with van der Waals surface area (Å²) in [6.07, 6.45) is 0.730. The second-order valence-corrected chi connectivity index (χ2v) is 11.6. The van der Waals surface area contributed by atoms with Crippen molar-refractivity contribution in [3.8, 4) is 5.75 Å². The minimum absolute atomic E-state index is 0.00140. The molecule has 170 valence electrons. The van der Waals surface area contributed by atoms with Crippen LogP contribution in [-0.4, -0.2) is 33.5 Å². The van der Waals surface area contributed by atoms with E-state index in [-0.39, 0.29) is 16.9 Å². The van der Waals surface area contributed by atoms with Crippen molar-refractivity contribution in [1.29, 1.82) is 0 Å². The van der Waals surface area contributed by atoms with Gasteiger partial charge < -0.3 is 10.1 Å². The van der Waals surface area contributed by atoms with Crippen LogP contribution >= 0.6 is 11.6 Å². The molecule has 2 aromatic rings. The van der Waals surface area contributed by atoms with Crippen LogP contribution in [0, 0.1) is 5.41 Å². The van der Waals surface area contributed by atoms with Gasteiger partial charge >= 0.3 is 0 Å². The van der Waals surface area contributed by atoms with E-state index in [1.165, 1.54) is 25.3 Å². The van der Waals surface area contributed by atoms with Gasteiger partial charge in [0.15, 0.2) is 0 Å². The van der Waals surface area contributed by atoms with Gasteiger partial charge in [-0.2, -0.15) is 0 Å². The van der Waals surface area contributed by atoms with Crippen LogP contribution in [0.5, 0.6) is 5.75 Å². The Labute approximate surface area is 190 Å². The van der Waals surface area contributed by atoms with E-state index in [0.717, 1.165) is 10.7 Å². The smallest absolute Gasteiger partial charge is 0.264 e. The predicted molar refractivity (Wildman–Crippen MR) is 125 cm³/mol. The summed E-state index contributed by atoms with van der Waals surface area (Å²) in [5, 5.41) is 3.35. The van der Waals surface area contributed by atoms with Crippen LogP contribution in [0.4, 0.5) is 5.69 Å². The van der Waals surface area contributed by atoms with E-state index in [4.69, 9.17) is 16.3 Å². The summed E-state index contributed by atoms with van der Waals surface area (Å²) >= 11 is 6.10. The molecule has 6 nitrogen and oxygen atoms in total. The number of hydrogen-bond acceptors (Lipinski definition) is 4. The maximum atomic E-state index is 13.4. The number of benzene rings is 2. The Morgan fingerprint density at radius 3 is 2.19 bits per heavy atom. The van der Waals surface area contributed by atoms with E-state index >= 15 is 0 Å². The molecule has 8 heteroatoms. The van der Waals surface area contributed by atoms with E-state index in [1.807, 2.05) is 13.8 Å². The third-order valence-electron chi connectivity index (χ3n) is 4.48. The van der Waals surface area contributed by atoms with Crippen molar-refractivity contribution >= 4 is 33.2 Å². The van der Waals surface area contributed by atoms with Gasteiger partial charge in [0.05, 0.1) is 17.7 Å². The van der Waals surface area contributed by atoms with Crippen LogP contribution in [0.3, 0.4) is 0 Å². The number of nitrogens with one attached hydrogen (secondary N) is 1. The van der Waals surface area contributed by atoms with Crippen molar-refractivity contribution in [2.24, 2.45) is 5.41 Å². The van der Waals surface area contributed by atoms with Crippen LogP contribution in [0.1, 0.15) is 41.0 Å². The minimum Gasteiger partial charge on any atom is -0.497 e. The lowest BCUT2D eigenvalue weighted by Gasteiger charge is -2.34. The van der Waals surface area contributed by atoms with Gasteiger partial charge in [0.2, 0.25) is 5.91 Å². The van der Waals surface area contributed by atoms with Crippen LogP contribution < -0.4 is 14.4 Å². The highest BCUT2D eigenvalue weighted by Crippen LogP contribution is 2.29. The molecule has 0 spiro atoms. The van der Waals surface area contributed by atoms with E-state index in [9.17, 15) is 13.2 Å². The maximum Gasteiger partial charge on any atom is 0.264 e. The van der Waals surface area contributed by atoms with E-state index in [1.54, 1.807) is 30.3 Å². The molecule has 0 aromatic heterocycles. The molecule has 0 bridgehead atoms. The fourth-order valence-electron chi connectivity index (χ4n) is 3.74. The zero-order valence-corrected chi connectivity index (χ0v) is 20.5. The lowest BCUT2D eigenvalue weighted by atomic mass is 9.82. The Hall–Kier alpha value is -2.25. The topological polar surface area (TPSA) is 75.7 Å². The van der Waals surface area contributed by atoms with Gasteiger partial charge in [-0.25, -0.2) is 8.42 Å². The van der Waals surface area contributed by atoms with E-state index < -0.39 is 21.5 Å². The quantitative estimate of drug-likeness (QED) is 0.601. The highest BCUT2D eigenvalue weighted by molar-refractivity contribution is 7.92. The van der Waals surface area contributed by atoms with Crippen molar-refractivity contribution in [2.45, 2.75) is 51.5 Å². The highest BCUT2D eigenvalue weighted by atomic mass is 35.5. The van der Waals surface area contributed by atoms with Crippen LogP contribution in [-0.2, 0) is 14.8 Å². The molecule has 0 aliphatic carbocycles. The maximum absolute atomic E-state index is 13.4. The largest absolute Gasteiger partial charge is 0.497 e. The number of anilines is 1. The number of halogens is 1. The first-order valence-corrected chi connectivity index (χ1v) is 11.8. The summed E-state index contributed by atoms with van der Waals surface area (Å²) in [6, 6.07) is 12.5. The summed E-state index contributed by atoms with van der Waals surface area (Å²) < 4.78 is 33.1. The number of carbonyl (C=O) groups is 1. The normalized spacial score (nSPS) is 12.4. The van der Waals surface area contributed by atoms with E-state index in [0.29, 0.717) is 16.5 Å². The SMILES string of the molecule is COc1ccc(S(=O)(=O)N(CC(=O)NC(C)(C)CC(C)(C)C)c2cccc(Cl)c2)cc1. The lowest BCUT2D eigenvalue weighted by Crippen LogP contribution is -2.50. The monoisotopic (exact) mass is 466 g/mol. The Balaban J connectivity index is 2.38. The number of sulfonamides is 1. The fraction of sp³-hybridized carbons (Fsp3) is 0.435. The summed E-state index contributed by atoms with van der Waals surface area (Å²) in [5.41, 5.74) is -0.190. The lowest BCUT2D eigenvalue weighted by molar-refractivity contribution is -0.121. The molecule has 0 aliphatic heterocycles. The van der Waals surface area contributed by atoms with Crippen molar-refractivity contribution in [3.63, 3.8) is 0 Å². The Morgan fingerprint density at radius 1 is 1.06 bits per heavy atom. The zero-order valence-electron chi connectivity index (χ0n) is 18.9. The van der Waals surface area contributed by atoms with Gasteiger partial charge in [0.1, 0.15) is 12.3 Å². The van der Waals surface area contributed by atoms with Crippen LogP contribution in [0.15, 0.2) is 53.4 Å². The molecule has 2 aromatic carbocycles. The van der Waals surface area contributed by atoms with Crippen molar-refractivity contribution in [2.75, 3.05) is 18.0 Å². The molecule has 31 heavy (non-hydrogen) atoms. The first-order chi connectivity index (χ1) is 14.2. The number of amides is 1. The van der Waals surface area contributed by atoms with Gasteiger partial charge in [-0.3, -0.25) is 9.10 Å². The molecule has 0 unspecified atom stereocenters. The molecule has 0 fully saturated rings. The molecule has 1 amide bonds. The predicted octanol–water partition coefficient (Wildman–Crippen LogP) is 4.87. The number of methoxy groups -OCH3 is 1. The number of rotatable bonds is 8. The first-order valence-electron chi connectivity index (χ1n) is 9.97. The molecule has 1 N–H and O–H groups in total. The van der Waals surface area contributed by atoms with Gasteiger partial charge in [-0.1, -0.05) is 38.4 Å². The second-order valence-electron chi connectivity index (χ2n) is 9.34. The third-order valence-corrected chi connectivity index (χ3v) is 6.50. The summed E-state index contributed by atoms with van der Waals surface area (Å²) in [6.45, 7) is 9.76. The Kier molecular flexibility index (Phi) is 7.66. The fourth-order valence-corrected chi connectivity index (χ4v) is 5.34. The van der Waals surface area contributed by atoms with Gasteiger partial charge in [0.25, 0.3) is 10.0 Å². The van der Waals surface area contributed by atoms with Crippen molar-refractivity contribution < 1.29 is 17.9 Å². The molecular formula is C23H31ClN2O4S. The molecule has 0 heterocycles. The first kappa shape index (κ1) is 25.0. The molecule has 0 radical (unpaired) electrons. The average Bonchev–Trinajstić information content (AvgIpc) is 2.63. The number of ether oxygens (including phenoxy) is 1. The number of nitrogens with zero attached hydrogens (tertiary/aromatic N) is 1. The second kappa shape index (κ2) is 9.49. The highest BCUT2D eigenvalue weighted by Gasteiger charge is 2.31. The summed E-state index contributed by atoms with van der Waals surface area (Å²) in [4.78, 5) is 13.0. The van der Waals surface area contributed by atoms with Crippen molar-refractivity contribution in [1.82, 2.24) is 5.32 Å². The number of hydrogen-bond donors (Lipinski definition) is 1. The molecule has 0 saturated carbocycles. The molecular weight excluding hydrogens is 436 g/mol. The standard InChI is InChI=1S/C23H31ClN2O4S/c1-22(2,3)16-23(4,5)25-21(27)15-26(18-9-7-8-17(24)14-18)31(28,29)20-12-10-19(30-6)11-13-20/h7-14H,15-16H2,1-6H3,(H,25,27). The summed E-state index contributed by atoms with van der Waals surface area (Å²) in [7, 11) is -2.52. The molecule has 0 atom stereocenters. The minimum atomic E-state index is -4.02. The average molecular weight is 467 g/mol. The molecule has 0 aliphatic rings. The van der Waals surface area contributed by atoms with Gasteiger partial charge in [-0.05, 0) is 68.1 Å². The van der Waals surface area contributed by atoms with Gasteiger partial charge in [-0.15, -0.1) is 0 Å². The Morgan fingerprint density at radius 2 is 1.68 bits per heavy atom. The third kappa shape index (κ3) is 7.14. The van der Waals surface area contributed by atoms with E-state index in [2.05, 4.69) is 26.1 Å². The number of carbonyl (C=O) groups excluding carboxylic acids is 1. The van der Waals surface area contributed by atoms with Crippen molar-refractivity contribution in [3.05, 3.63) is 53.6 Å². The summed E-state index contributed by atoms with van der Waals surface area (Å²) in [5.74, 6) is 0.140. The van der Waals surface area contributed by atoms with Gasteiger partial charge in [0, 0.05) is 10.6 Å². The zero-order chi connectivity index (χ0) is 23.4. The molecule has 2 rings (SSSR count). The van der Waals surface area contributed by atoms with Crippen LogP contribution in [0.2, 0.25) is 5.02 Å². The Bertz CT molecular complexity index is 1010.